The lowest BCUT2D eigenvalue weighted by Crippen LogP contribution is -2.66. The van der Waals surface area contributed by atoms with E-state index in [0.717, 1.165) is 72.7 Å². The monoisotopic (exact) mass is 843 g/mol. The van der Waals surface area contributed by atoms with Crippen LogP contribution in [0.4, 0.5) is 9.59 Å². The maximum Gasteiger partial charge on any atom is 0.410 e. The van der Waals surface area contributed by atoms with Crippen LogP contribution in [0.1, 0.15) is 80.1 Å². The van der Waals surface area contributed by atoms with E-state index in [0.29, 0.717) is 19.3 Å². The van der Waals surface area contributed by atoms with Gasteiger partial charge in [0.25, 0.3) is 15.9 Å². The minimum atomic E-state index is -4.52. The van der Waals surface area contributed by atoms with Crippen molar-refractivity contribution in [2.24, 2.45) is 5.92 Å². The molecule has 3 aromatic carbocycles. The lowest BCUT2D eigenvalue weighted by Gasteiger charge is -2.41. The first-order valence-electron chi connectivity index (χ1n) is 20.4. The lowest BCUT2D eigenvalue weighted by atomic mass is 10.0. The summed E-state index contributed by atoms with van der Waals surface area (Å²) in [5.74, 6) is -4.26. The van der Waals surface area contributed by atoms with Gasteiger partial charge in [0, 0.05) is 19.0 Å². The van der Waals surface area contributed by atoms with Crippen molar-refractivity contribution in [1.82, 2.24) is 25.2 Å². The van der Waals surface area contributed by atoms with Gasteiger partial charge >= 0.3 is 18.2 Å². The molecule has 1 unspecified atom stereocenters. The molecule has 318 valence electrons. The zero-order valence-electron chi connectivity index (χ0n) is 33.0. The average Bonchev–Trinajstić information content (AvgIpc) is 3.69. The minimum absolute atomic E-state index is 0.000957. The number of carboxylic acid groups (broad SMARTS) is 1. The standard InChI is InChI=1S/C43H49N5O11S/c49-37-36-26-47(42(55)58-27-30-13-10-12-28-11-6-9-17-34(28)30)23-24-48(36)38(50)35(44-41(54)59-32-15-7-8-16-32)18-5-3-1-2-4-14-31-25-43(31,45-37)40(53)46-60(56,57)33-21-19-29(20-22-33)39(51)52/h4,6,9-14,17,19-22,31-32,35-36H,1-3,5,7-8,15-16,18,23-27H2,(H,44,54)(H,45,49)(H,46,53)(H,51,52)/b14-4+/t31?,35-,36-,43-/m0/s1. The van der Waals surface area contributed by atoms with Crippen LogP contribution in [0.5, 0.6) is 0 Å². The fourth-order valence-electron chi connectivity index (χ4n) is 8.26. The normalized spacial score (nSPS) is 24.4. The molecule has 4 aliphatic rings. The molecule has 3 aromatic rings. The van der Waals surface area contributed by atoms with E-state index < -0.39 is 69.4 Å². The van der Waals surface area contributed by atoms with Gasteiger partial charge in [-0.1, -0.05) is 67.5 Å². The van der Waals surface area contributed by atoms with Gasteiger partial charge in [-0.05, 0) is 92.0 Å². The number of amides is 5. The smallest absolute Gasteiger partial charge is 0.410 e. The van der Waals surface area contributed by atoms with E-state index in [9.17, 15) is 42.3 Å². The summed E-state index contributed by atoms with van der Waals surface area (Å²) in [4.78, 5) is 83.5. The van der Waals surface area contributed by atoms with Crippen LogP contribution in [0.2, 0.25) is 0 Å². The molecule has 1 saturated heterocycles. The number of allylic oxidation sites excluding steroid dienone is 1. The second kappa shape index (κ2) is 18.1. The quantitative estimate of drug-likeness (QED) is 0.229. The summed E-state index contributed by atoms with van der Waals surface area (Å²) in [5.41, 5.74) is -1.12. The number of alkyl carbamates (subject to hydrolysis) is 1. The van der Waals surface area contributed by atoms with Gasteiger partial charge in [0.05, 0.1) is 17.0 Å². The molecule has 2 aliphatic heterocycles. The van der Waals surface area contributed by atoms with Crippen molar-refractivity contribution in [3.8, 4) is 0 Å². The summed E-state index contributed by atoms with van der Waals surface area (Å²) in [7, 11) is -4.52. The molecule has 60 heavy (non-hydrogen) atoms. The van der Waals surface area contributed by atoms with Crippen molar-refractivity contribution in [1.29, 1.82) is 0 Å². The van der Waals surface area contributed by atoms with E-state index in [4.69, 9.17) is 9.47 Å². The number of rotatable bonds is 8. The Bertz CT molecular complexity index is 2270. The molecule has 0 bridgehead atoms. The Kier molecular flexibility index (Phi) is 12.7. The Balaban J connectivity index is 1.14. The van der Waals surface area contributed by atoms with Gasteiger partial charge in [-0.15, -0.1) is 0 Å². The summed E-state index contributed by atoms with van der Waals surface area (Å²) < 4.78 is 40.2. The highest BCUT2D eigenvalue weighted by atomic mass is 32.2. The number of nitrogens with one attached hydrogen (secondary N) is 3. The number of benzene rings is 3. The molecule has 2 saturated carbocycles. The number of hydrogen-bond acceptors (Lipinski definition) is 10. The Labute approximate surface area is 347 Å². The first kappa shape index (κ1) is 42.2. The molecule has 0 radical (unpaired) electrons. The number of carboxylic acids is 1. The highest BCUT2D eigenvalue weighted by molar-refractivity contribution is 7.90. The fraction of sp³-hybridized carbons (Fsp3) is 0.442. The zero-order valence-corrected chi connectivity index (χ0v) is 33.9. The van der Waals surface area contributed by atoms with Crippen LogP contribution < -0.4 is 15.4 Å². The second-order valence-corrected chi connectivity index (χ2v) is 17.5. The maximum atomic E-state index is 14.6. The third-order valence-electron chi connectivity index (χ3n) is 11.8. The van der Waals surface area contributed by atoms with Gasteiger partial charge in [-0.3, -0.25) is 14.4 Å². The first-order valence-corrected chi connectivity index (χ1v) is 21.9. The molecule has 16 nitrogen and oxygen atoms in total. The average molecular weight is 844 g/mol. The van der Waals surface area contributed by atoms with Crippen molar-refractivity contribution < 1.29 is 51.8 Å². The molecule has 3 fully saturated rings. The lowest BCUT2D eigenvalue weighted by molar-refractivity contribution is -0.146. The van der Waals surface area contributed by atoms with Crippen molar-refractivity contribution in [3.63, 3.8) is 0 Å². The third-order valence-corrected chi connectivity index (χ3v) is 13.1. The van der Waals surface area contributed by atoms with Crippen molar-refractivity contribution >= 4 is 56.7 Å². The molecule has 2 aliphatic carbocycles. The van der Waals surface area contributed by atoms with Crippen molar-refractivity contribution in [2.75, 3.05) is 19.6 Å². The Morgan fingerprint density at radius 1 is 0.883 bits per heavy atom. The van der Waals surface area contributed by atoms with Gasteiger partial charge in [-0.2, -0.15) is 0 Å². The topological polar surface area (TPSA) is 218 Å². The molecular formula is C43H49N5O11S. The van der Waals surface area contributed by atoms with Gasteiger partial charge in [0.15, 0.2) is 0 Å². The summed E-state index contributed by atoms with van der Waals surface area (Å²) >= 11 is 0. The van der Waals surface area contributed by atoms with E-state index >= 15 is 0 Å². The molecule has 5 amide bonds. The number of ether oxygens (including phenoxy) is 2. The Morgan fingerprint density at radius 2 is 1.62 bits per heavy atom. The predicted molar refractivity (Wildman–Crippen MR) is 217 cm³/mol. The molecular weight excluding hydrogens is 795 g/mol. The van der Waals surface area contributed by atoms with E-state index in [-0.39, 0.29) is 55.6 Å². The van der Waals surface area contributed by atoms with Crippen LogP contribution >= 0.6 is 0 Å². The number of carbonyl (C=O) groups excluding carboxylic acids is 5. The van der Waals surface area contributed by atoms with Gasteiger partial charge < -0.3 is 35.0 Å². The summed E-state index contributed by atoms with van der Waals surface area (Å²) in [6.07, 6.45) is 8.19. The Hall–Kier alpha value is -5.97. The number of aromatic carboxylic acids is 1. The van der Waals surface area contributed by atoms with Gasteiger partial charge in [-0.25, -0.2) is 27.5 Å². The van der Waals surface area contributed by atoms with Crippen LogP contribution in [0.15, 0.2) is 83.8 Å². The molecule has 4 N–H and O–H groups in total. The maximum absolute atomic E-state index is 14.6. The largest absolute Gasteiger partial charge is 0.478 e. The SMILES string of the molecule is O=C(N[C@H]1CCCCC/C=C/C2C[C@]2(C(=O)NS(=O)(=O)c2ccc(C(=O)O)cc2)NC(=O)[C@@H]2CN(C(=O)OCc3cccc4ccccc34)CCN2C1=O)OC1CCCC1. The molecule has 17 heteroatoms. The summed E-state index contributed by atoms with van der Waals surface area (Å²) in [6.45, 7) is -0.494. The van der Waals surface area contributed by atoms with E-state index in [1.807, 2.05) is 48.5 Å². The Morgan fingerprint density at radius 3 is 2.38 bits per heavy atom. The molecule has 7 rings (SSSR count). The van der Waals surface area contributed by atoms with Crippen LogP contribution in [-0.4, -0.2) is 103 Å². The van der Waals surface area contributed by atoms with E-state index in [2.05, 4.69) is 15.4 Å². The number of fused-ring (bicyclic) bond motifs is 3. The van der Waals surface area contributed by atoms with Gasteiger partial charge in [0.2, 0.25) is 11.8 Å². The first-order chi connectivity index (χ1) is 28.8. The molecule has 4 atom stereocenters. The van der Waals surface area contributed by atoms with Crippen LogP contribution in [0, 0.1) is 5.92 Å². The van der Waals surface area contributed by atoms with Crippen molar-refractivity contribution in [3.05, 3.63) is 90.0 Å². The summed E-state index contributed by atoms with van der Waals surface area (Å²) in [6, 6.07) is 15.2. The summed E-state index contributed by atoms with van der Waals surface area (Å²) in [5, 5.41) is 16.6. The minimum Gasteiger partial charge on any atom is -0.478 e. The van der Waals surface area contributed by atoms with Crippen molar-refractivity contribution in [2.45, 2.75) is 99.4 Å². The third kappa shape index (κ3) is 9.56. The number of nitrogens with zero attached hydrogens (tertiary/aromatic N) is 2. The second-order valence-electron chi connectivity index (χ2n) is 15.8. The number of piperazine rings is 1. The van der Waals surface area contributed by atoms with Gasteiger partial charge in [0.1, 0.15) is 30.3 Å². The molecule has 0 aromatic heterocycles. The van der Waals surface area contributed by atoms with E-state index in [1.54, 1.807) is 6.08 Å². The number of hydrogen-bond donors (Lipinski definition) is 4. The zero-order chi connectivity index (χ0) is 42.4. The number of sulfonamides is 1. The highest BCUT2D eigenvalue weighted by Gasteiger charge is 2.61. The van der Waals surface area contributed by atoms with Crippen LogP contribution in [0.25, 0.3) is 10.8 Å². The van der Waals surface area contributed by atoms with Crippen LogP contribution in [0.3, 0.4) is 0 Å². The van der Waals surface area contributed by atoms with Crippen LogP contribution in [-0.2, 0) is 40.5 Å². The molecule has 0 spiro atoms. The highest BCUT2D eigenvalue weighted by Crippen LogP contribution is 2.45. The predicted octanol–water partition coefficient (Wildman–Crippen LogP) is 4.63. The van der Waals surface area contributed by atoms with E-state index in [1.165, 1.54) is 9.80 Å². The molecule has 2 heterocycles. The number of carbonyl (C=O) groups is 6. The fourth-order valence-corrected chi connectivity index (χ4v) is 9.30.